The lowest BCUT2D eigenvalue weighted by molar-refractivity contribution is -0.140. The number of carbonyl (C=O) groups excluding carboxylic acids is 1. The lowest BCUT2D eigenvalue weighted by atomic mass is 9.73. The van der Waals surface area contributed by atoms with Gasteiger partial charge in [-0.05, 0) is 56.3 Å². The molecule has 1 aliphatic heterocycles. The van der Waals surface area contributed by atoms with E-state index in [-0.39, 0.29) is 5.97 Å². The molecule has 25 heavy (non-hydrogen) atoms. The molecule has 0 aromatic heterocycles. The molecule has 1 aromatic carbocycles. The van der Waals surface area contributed by atoms with E-state index in [0.29, 0.717) is 12.8 Å². The van der Waals surface area contributed by atoms with Gasteiger partial charge in [0, 0.05) is 6.42 Å². The van der Waals surface area contributed by atoms with Crippen LogP contribution in [0.4, 0.5) is 0 Å². The van der Waals surface area contributed by atoms with Gasteiger partial charge in [0.1, 0.15) is 0 Å². The van der Waals surface area contributed by atoms with Crippen molar-refractivity contribution in [2.24, 2.45) is 0 Å². The highest BCUT2D eigenvalue weighted by Crippen LogP contribution is 2.37. The molecule has 134 valence electrons. The first-order valence-corrected chi connectivity index (χ1v) is 8.50. The van der Waals surface area contributed by atoms with Crippen LogP contribution >= 0.6 is 0 Å². The van der Waals surface area contributed by atoms with E-state index in [1.807, 2.05) is 39.8 Å². The van der Waals surface area contributed by atoms with Crippen LogP contribution < -0.4 is 5.46 Å². The molecular formula is C20H27BO4. The van der Waals surface area contributed by atoms with Crippen molar-refractivity contribution in [3.05, 3.63) is 42.0 Å². The first-order valence-electron chi connectivity index (χ1n) is 8.50. The molecule has 0 spiro atoms. The smallest absolute Gasteiger partial charge is 0.469 e. The van der Waals surface area contributed by atoms with Crippen molar-refractivity contribution in [2.45, 2.75) is 51.7 Å². The maximum absolute atomic E-state index is 11.5. The van der Waals surface area contributed by atoms with Crippen LogP contribution in [0.15, 0.2) is 25.3 Å². The molecule has 0 saturated carbocycles. The minimum absolute atomic E-state index is 0.231. The molecule has 0 bridgehead atoms. The molecule has 0 aliphatic carbocycles. The molecule has 0 N–H and O–H groups in total. The van der Waals surface area contributed by atoms with E-state index in [1.54, 1.807) is 12.2 Å². The highest BCUT2D eigenvalue weighted by molar-refractivity contribution is 6.63. The molecule has 0 unspecified atom stereocenters. The second-order valence-corrected chi connectivity index (χ2v) is 7.21. The average molecular weight is 342 g/mol. The summed E-state index contributed by atoms with van der Waals surface area (Å²) in [5, 5.41) is 0. The van der Waals surface area contributed by atoms with Gasteiger partial charge in [0.05, 0.1) is 18.3 Å². The van der Waals surface area contributed by atoms with Crippen LogP contribution in [0.3, 0.4) is 0 Å². The number of rotatable bonds is 6. The van der Waals surface area contributed by atoms with E-state index in [4.69, 9.17) is 14.0 Å². The third-order valence-electron chi connectivity index (χ3n) is 5.15. The predicted molar refractivity (Wildman–Crippen MR) is 103 cm³/mol. The Kier molecular flexibility index (Phi) is 5.60. The second-order valence-electron chi connectivity index (χ2n) is 7.21. The SMILES string of the molecule is C=Cc1c(CCC(=O)OC)ccc(B2OC(C)(C)C(C)(C)O2)c1C=C. The first-order chi connectivity index (χ1) is 11.7. The lowest BCUT2D eigenvalue weighted by Gasteiger charge is -2.32. The number of carbonyl (C=O) groups is 1. The molecule has 1 aromatic rings. The minimum atomic E-state index is -0.466. The van der Waals surface area contributed by atoms with E-state index in [9.17, 15) is 4.79 Å². The molecule has 1 heterocycles. The molecule has 0 radical (unpaired) electrons. The van der Waals surface area contributed by atoms with Gasteiger partial charge in [-0.2, -0.15) is 0 Å². The van der Waals surface area contributed by atoms with Gasteiger partial charge in [-0.15, -0.1) is 0 Å². The Morgan fingerprint density at radius 1 is 1.12 bits per heavy atom. The summed E-state index contributed by atoms with van der Waals surface area (Å²) in [5.41, 5.74) is 3.00. The van der Waals surface area contributed by atoms with Crippen molar-refractivity contribution < 1.29 is 18.8 Å². The minimum Gasteiger partial charge on any atom is -0.469 e. The average Bonchev–Trinajstić information content (AvgIpc) is 2.78. The van der Waals surface area contributed by atoms with Crippen LogP contribution in [-0.4, -0.2) is 31.4 Å². The Morgan fingerprint density at radius 2 is 1.68 bits per heavy atom. The summed E-state index contributed by atoms with van der Waals surface area (Å²) in [6.07, 6.45) is 4.49. The van der Waals surface area contributed by atoms with Crippen LogP contribution in [-0.2, 0) is 25.3 Å². The van der Waals surface area contributed by atoms with Gasteiger partial charge >= 0.3 is 13.1 Å². The van der Waals surface area contributed by atoms with Gasteiger partial charge in [-0.25, -0.2) is 0 Å². The standard InChI is InChI=1S/C20H27BO4/c1-8-15-14(11-13-18(22)23-7)10-12-17(16(15)9-2)21-24-19(3,4)20(5,6)25-21/h8-10,12H,1-2,11,13H2,3-7H3. The van der Waals surface area contributed by atoms with Crippen molar-refractivity contribution in [1.29, 1.82) is 0 Å². The molecular weight excluding hydrogens is 315 g/mol. The zero-order valence-electron chi connectivity index (χ0n) is 15.8. The fraction of sp³-hybridized carbons (Fsp3) is 0.450. The zero-order valence-corrected chi connectivity index (χ0v) is 15.8. The zero-order chi connectivity index (χ0) is 18.8. The van der Waals surface area contributed by atoms with Crippen molar-refractivity contribution in [3.8, 4) is 0 Å². The Balaban J connectivity index is 2.40. The molecule has 1 aliphatic rings. The van der Waals surface area contributed by atoms with E-state index in [2.05, 4.69) is 13.2 Å². The van der Waals surface area contributed by atoms with Crippen molar-refractivity contribution in [3.63, 3.8) is 0 Å². The third-order valence-corrected chi connectivity index (χ3v) is 5.15. The number of hydrogen-bond donors (Lipinski definition) is 0. The molecule has 5 heteroatoms. The highest BCUT2D eigenvalue weighted by atomic mass is 16.7. The number of ether oxygens (including phenoxy) is 1. The molecule has 0 amide bonds. The van der Waals surface area contributed by atoms with Crippen LogP contribution in [0.1, 0.15) is 50.8 Å². The summed E-state index contributed by atoms with van der Waals surface area (Å²) in [7, 11) is 0.930. The maximum Gasteiger partial charge on any atom is 0.495 e. The van der Waals surface area contributed by atoms with Crippen LogP contribution in [0, 0.1) is 0 Å². The van der Waals surface area contributed by atoms with E-state index in [0.717, 1.165) is 22.2 Å². The number of esters is 1. The number of hydrogen-bond acceptors (Lipinski definition) is 4. The highest BCUT2D eigenvalue weighted by Gasteiger charge is 2.52. The number of aryl methyl sites for hydroxylation is 1. The van der Waals surface area contributed by atoms with Crippen LogP contribution in [0.25, 0.3) is 12.2 Å². The summed E-state index contributed by atoms with van der Waals surface area (Å²) in [6, 6.07) is 3.98. The second kappa shape index (κ2) is 7.18. The number of benzene rings is 1. The molecule has 1 saturated heterocycles. The maximum atomic E-state index is 11.5. The summed E-state index contributed by atoms with van der Waals surface area (Å²) in [6.45, 7) is 16.0. The largest absolute Gasteiger partial charge is 0.495 e. The lowest BCUT2D eigenvalue weighted by Crippen LogP contribution is -2.41. The van der Waals surface area contributed by atoms with Crippen LogP contribution in [0.2, 0.25) is 0 Å². The van der Waals surface area contributed by atoms with Crippen LogP contribution in [0.5, 0.6) is 0 Å². The first kappa shape index (κ1) is 19.5. The number of methoxy groups -OCH3 is 1. The summed E-state index contributed by atoms with van der Waals surface area (Å²) >= 11 is 0. The van der Waals surface area contributed by atoms with Gasteiger partial charge in [0.2, 0.25) is 0 Å². The fourth-order valence-electron chi connectivity index (χ4n) is 2.90. The van der Waals surface area contributed by atoms with Gasteiger partial charge in [0.15, 0.2) is 0 Å². The Morgan fingerprint density at radius 3 is 2.16 bits per heavy atom. The Bertz CT molecular complexity index is 675. The van der Waals surface area contributed by atoms with Gasteiger partial charge in [-0.3, -0.25) is 4.79 Å². The van der Waals surface area contributed by atoms with Crippen molar-refractivity contribution in [1.82, 2.24) is 0 Å². The van der Waals surface area contributed by atoms with Crippen molar-refractivity contribution in [2.75, 3.05) is 7.11 Å². The van der Waals surface area contributed by atoms with E-state index >= 15 is 0 Å². The molecule has 0 atom stereocenters. The van der Waals surface area contributed by atoms with E-state index < -0.39 is 18.3 Å². The van der Waals surface area contributed by atoms with Gasteiger partial charge in [0.25, 0.3) is 0 Å². The topological polar surface area (TPSA) is 44.8 Å². The fourth-order valence-corrected chi connectivity index (χ4v) is 2.90. The summed E-state index contributed by atoms with van der Waals surface area (Å²) in [5.74, 6) is -0.231. The quantitative estimate of drug-likeness (QED) is 0.587. The normalized spacial score (nSPS) is 18.0. The monoisotopic (exact) mass is 342 g/mol. The molecule has 2 rings (SSSR count). The predicted octanol–water partition coefficient (Wildman–Crippen LogP) is 3.38. The summed E-state index contributed by atoms with van der Waals surface area (Å²) in [4.78, 5) is 11.5. The Hall–Kier alpha value is -1.85. The van der Waals surface area contributed by atoms with Gasteiger partial charge in [-0.1, -0.05) is 37.4 Å². The van der Waals surface area contributed by atoms with Crippen molar-refractivity contribution >= 4 is 30.7 Å². The Labute approximate surface area is 151 Å². The molecule has 4 nitrogen and oxygen atoms in total. The van der Waals surface area contributed by atoms with E-state index in [1.165, 1.54) is 7.11 Å². The van der Waals surface area contributed by atoms with Gasteiger partial charge < -0.3 is 14.0 Å². The molecule has 1 fully saturated rings. The summed E-state index contributed by atoms with van der Waals surface area (Å²) < 4.78 is 17.1. The third kappa shape index (κ3) is 3.72.